The van der Waals surface area contributed by atoms with Crippen LogP contribution >= 0.6 is 11.8 Å². The summed E-state index contributed by atoms with van der Waals surface area (Å²) < 4.78 is 1.75. The zero-order valence-electron chi connectivity index (χ0n) is 9.58. The lowest BCUT2D eigenvalue weighted by molar-refractivity contribution is 0.811. The van der Waals surface area contributed by atoms with E-state index in [0.29, 0.717) is 5.25 Å². The zero-order chi connectivity index (χ0) is 11.5. The Morgan fingerprint density at radius 1 is 1.31 bits per heavy atom. The van der Waals surface area contributed by atoms with Gasteiger partial charge < -0.3 is 0 Å². The van der Waals surface area contributed by atoms with Crippen molar-refractivity contribution in [3.63, 3.8) is 0 Å². The van der Waals surface area contributed by atoms with Gasteiger partial charge in [0.1, 0.15) is 10.9 Å². The predicted molar refractivity (Wildman–Crippen MR) is 64.9 cm³/mol. The van der Waals surface area contributed by atoms with Crippen LogP contribution in [0.5, 0.6) is 0 Å². The minimum atomic E-state index is 0.514. The lowest BCUT2D eigenvalue weighted by Gasteiger charge is -2.07. The summed E-state index contributed by atoms with van der Waals surface area (Å²) in [6, 6.07) is 3.84. The Bertz CT molecular complexity index is 465. The summed E-state index contributed by atoms with van der Waals surface area (Å²) in [7, 11) is 0. The van der Waals surface area contributed by atoms with E-state index in [0.717, 1.165) is 16.7 Å². The molecule has 5 heteroatoms. The quantitative estimate of drug-likeness (QED) is 0.604. The minimum Gasteiger partial charge on any atom is -0.227 e. The van der Waals surface area contributed by atoms with Crippen LogP contribution in [0.4, 0.5) is 0 Å². The Hall–Kier alpha value is -1.36. The van der Waals surface area contributed by atoms with Crippen LogP contribution in [-0.2, 0) is 0 Å². The smallest absolute Gasteiger partial charge is 0.158 e. The Balaban J connectivity index is 2.36. The molecule has 0 fully saturated rings. The molecule has 2 aromatic rings. The second-order valence-electron chi connectivity index (χ2n) is 3.73. The lowest BCUT2D eigenvalue weighted by Crippen LogP contribution is -2.02. The summed E-state index contributed by atoms with van der Waals surface area (Å²) in [5.41, 5.74) is 0. The molecule has 84 valence electrons. The molecule has 0 aliphatic carbocycles. The van der Waals surface area contributed by atoms with Crippen molar-refractivity contribution < 1.29 is 0 Å². The first-order chi connectivity index (χ1) is 7.65. The maximum Gasteiger partial charge on any atom is 0.158 e. The Kier molecular flexibility index (Phi) is 3.24. The summed E-state index contributed by atoms with van der Waals surface area (Å²) in [4.78, 5) is 8.75. The molecule has 0 amide bonds. The van der Waals surface area contributed by atoms with Crippen molar-refractivity contribution in [1.82, 2.24) is 19.7 Å². The van der Waals surface area contributed by atoms with Crippen molar-refractivity contribution in [1.29, 1.82) is 0 Å². The van der Waals surface area contributed by atoms with E-state index in [9.17, 15) is 0 Å². The summed E-state index contributed by atoms with van der Waals surface area (Å²) >= 11 is 1.73. The van der Waals surface area contributed by atoms with Crippen LogP contribution in [0, 0.1) is 6.92 Å². The van der Waals surface area contributed by atoms with Crippen LogP contribution < -0.4 is 0 Å². The van der Waals surface area contributed by atoms with E-state index in [4.69, 9.17) is 0 Å². The van der Waals surface area contributed by atoms with Crippen LogP contribution in [0.25, 0.3) is 5.82 Å². The number of nitrogens with zero attached hydrogens (tertiary/aromatic N) is 4. The van der Waals surface area contributed by atoms with E-state index in [1.807, 2.05) is 25.3 Å². The van der Waals surface area contributed by atoms with Crippen LogP contribution in [0.1, 0.15) is 19.7 Å². The Morgan fingerprint density at radius 2 is 2.12 bits per heavy atom. The van der Waals surface area contributed by atoms with E-state index < -0.39 is 0 Å². The van der Waals surface area contributed by atoms with Gasteiger partial charge in [-0.3, -0.25) is 0 Å². The van der Waals surface area contributed by atoms with Crippen molar-refractivity contribution in [3.8, 4) is 5.82 Å². The maximum atomic E-state index is 4.39. The Morgan fingerprint density at radius 3 is 2.75 bits per heavy atom. The number of thioether (sulfide) groups is 1. The van der Waals surface area contributed by atoms with Gasteiger partial charge in [0.05, 0.1) is 0 Å². The molecule has 2 aromatic heterocycles. The molecule has 0 atom stereocenters. The first-order valence-corrected chi connectivity index (χ1v) is 6.05. The molecule has 0 aliphatic rings. The fourth-order valence-corrected chi connectivity index (χ4v) is 2.19. The van der Waals surface area contributed by atoms with Crippen molar-refractivity contribution in [2.24, 2.45) is 0 Å². The first-order valence-electron chi connectivity index (χ1n) is 5.17. The van der Waals surface area contributed by atoms with Gasteiger partial charge in [0.2, 0.25) is 0 Å². The first kappa shape index (κ1) is 11.1. The summed E-state index contributed by atoms with van der Waals surface area (Å²) in [5.74, 6) is 1.59. The monoisotopic (exact) mass is 234 g/mol. The van der Waals surface area contributed by atoms with Crippen LogP contribution in [0.15, 0.2) is 29.6 Å². The van der Waals surface area contributed by atoms with Crippen LogP contribution in [0.2, 0.25) is 0 Å². The van der Waals surface area contributed by atoms with Gasteiger partial charge in [-0.2, -0.15) is 5.10 Å². The zero-order valence-corrected chi connectivity index (χ0v) is 10.4. The van der Waals surface area contributed by atoms with Gasteiger partial charge in [0.15, 0.2) is 5.82 Å². The molecular weight excluding hydrogens is 220 g/mol. The van der Waals surface area contributed by atoms with Gasteiger partial charge in [0, 0.05) is 23.7 Å². The van der Waals surface area contributed by atoms with Gasteiger partial charge in [-0.15, -0.1) is 11.8 Å². The molecule has 0 bridgehead atoms. The largest absolute Gasteiger partial charge is 0.227 e. The summed E-state index contributed by atoms with van der Waals surface area (Å²) in [6.07, 6.45) is 3.62. The molecule has 0 aliphatic heterocycles. The fraction of sp³-hybridized carbons (Fsp3) is 0.364. The van der Waals surface area contributed by atoms with E-state index >= 15 is 0 Å². The van der Waals surface area contributed by atoms with Crippen LogP contribution in [-0.4, -0.2) is 25.0 Å². The Labute approximate surface area is 99.1 Å². The minimum absolute atomic E-state index is 0.514. The highest BCUT2D eigenvalue weighted by molar-refractivity contribution is 7.99. The van der Waals surface area contributed by atoms with Crippen LogP contribution in [0.3, 0.4) is 0 Å². The van der Waals surface area contributed by atoms with E-state index in [1.165, 1.54) is 0 Å². The van der Waals surface area contributed by atoms with Gasteiger partial charge >= 0.3 is 0 Å². The molecule has 0 saturated carbocycles. The van der Waals surface area contributed by atoms with Gasteiger partial charge in [-0.1, -0.05) is 13.8 Å². The molecular formula is C11H14N4S. The van der Waals surface area contributed by atoms with Crippen molar-refractivity contribution in [3.05, 3.63) is 30.4 Å². The van der Waals surface area contributed by atoms with E-state index in [-0.39, 0.29) is 0 Å². The lowest BCUT2D eigenvalue weighted by atomic mass is 10.5. The maximum absolute atomic E-state index is 4.39. The third-order valence-electron chi connectivity index (χ3n) is 1.90. The second-order valence-corrected chi connectivity index (χ2v) is 5.33. The summed E-state index contributed by atoms with van der Waals surface area (Å²) in [6.45, 7) is 6.20. The van der Waals surface area contributed by atoms with Crippen molar-refractivity contribution in [2.45, 2.75) is 31.0 Å². The molecule has 2 rings (SSSR count). The third-order valence-corrected chi connectivity index (χ3v) is 2.82. The highest BCUT2D eigenvalue weighted by Crippen LogP contribution is 2.22. The number of aryl methyl sites for hydroxylation is 1. The van der Waals surface area contributed by atoms with Gasteiger partial charge in [-0.25, -0.2) is 14.6 Å². The van der Waals surface area contributed by atoms with Crippen molar-refractivity contribution >= 4 is 11.8 Å². The average molecular weight is 234 g/mol. The van der Waals surface area contributed by atoms with Crippen molar-refractivity contribution in [2.75, 3.05) is 0 Å². The topological polar surface area (TPSA) is 43.6 Å². The highest BCUT2D eigenvalue weighted by atomic mass is 32.2. The molecule has 0 N–H and O–H groups in total. The van der Waals surface area contributed by atoms with Gasteiger partial charge in [-0.05, 0) is 13.0 Å². The molecule has 0 aromatic carbocycles. The highest BCUT2D eigenvalue weighted by Gasteiger charge is 2.06. The standard InChI is InChI=1S/C11H14N4S/c1-8(2)16-11-7-10(13-9(3)14-11)15-6-4-5-12-15/h4-8H,1-3H3. The van der Waals surface area contributed by atoms with E-state index in [2.05, 4.69) is 28.9 Å². The third kappa shape index (κ3) is 2.61. The number of hydrogen-bond acceptors (Lipinski definition) is 4. The van der Waals surface area contributed by atoms with E-state index in [1.54, 1.807) is 22.6 Å². The predicted octanol–water partition coefficient (Wildman–Crippen LogP) is 2.47. The molecule has 0 saturated heterocycles. The molecule has 0 radical (unpaired) electrons. The normalized spacial score (nSPS) is 11.0. The second kappa shape index (κ2) is 4.65. The molecule has 2 heterocycles. The molecule has 0 unspecified atom stereocenters. The number of hydrogen-bond donors (Lipinski definition) is 0. The molecule has 0 spiro atoms. The summed E-state index contributed by atoms with van der Waals surface area (Å²) in [5, 5.41) is 5.67. The SMILES string of the molecule is Cc1nc(SC(C)C)cc(-n2cccn2)n1. The molecule has 16 heavy (non-hydrogen) atoms. The van der Waals surface area contributed by atoms with Gasteiger partial charge in [0.25, 0.3) is 0 Å². The number of rotatable bonds is 3. The number of aromatic nitrogens is 4. The molecule has 4 nitrogen and oxygen atoms in total. The average Bonchev–Trinajstić information content (AvgIpc) is 2.67. The fourth-order valence-electron chi connectivity index (χ4n) is 1.35.